The van der Waals surface area contributed by atoms with Crippen LogP contribution in [-0.4, -0.2) is 21.9 Å². The van der Waals surface area contributed by atoms with E-state index in [4.69, 9.17) is 0 Å². The van der Waals surface area contributed by atoms with Gasteiger partial charge < -0.3 is 10.4 Å². The smallest absolute Gasteiger partial charge is 0.329 e. The number of hydrogen-bond acceptors (Lipinski definition) is 3. The van der Waals surface area contributed by atoms with E-state index in [0.29, 0.717) is 16.7 Å². The number of aromatic hydroxyl groups is 1. The lowest BCUT2D eigenvalue weighted by atomic mass is 10.0. The summed E-state index contributed by atoms with van der Waals surface area (Å²) in [5.74, 6) is -0.785. The number of phenolic OH excluding ortho intramolecular Hbond substituents is 1. The summed E-state index contributed by atoms with van der Waals surface area (Å²) >= 11 is 0. The molecule has 0 aliphatic carbocycles. The van der Waals surface area contributed by atoms with Crippen molar-refractivity contribution in [1.82, 2.24) is 10.2 Å². The number of benzene rings is 2. The van der Waals surface area contributed by atoms with E-state index in [-0.39, 0.29) is 23.6 Å². The minimum atomic E-state index is -0.591. The van der Waals surface area contributed by atoms with E-state index in [1.54, 1.807) is 44.2 Å². The fourth-order valence-electron chi connectivity index (χ4n) is 2.75. The van der Waals surface area contributed by atoms with Crippen molar-refractivity contribution in [1.29, 1.82) is 0 Å². The first-order valence-corrected chi connectivity index (χ1v) is 7.75. The fourth-order valence-corrected chi connectivity index (χ4v) is 2.75. The van der Waals surface area contributed by atoms with Crippen LogP contribution in [0.25, 0.3) is 6.08 Å². The van der Waals surface area contributed by atoms with Crippen LogP contribution in [0.15, 0.2) is 42.1 Å². The molecule has 0 aromatic heterocycles. The quantitative estimate of drug-likeness (QED) is 0.666. The van der Waals surface area contributed by atoms with Crippen molar-refractivity contribution in [3.63, 3.8) is 0 Å². The number of hydrogen-bond donors (Lipinski definition) is 2. The van der Waals surface area contributed by atoms with Crippen molar-refractivity contribution >= 4 is 18.0 Å². The van der Waals surface area contributed by atoms with E-state index in [1.807, 2.05) is 0 Å². The van der Waals surface area contributed by atoms with Crippen LogP contribution in [0.4, 0.5) is 9.18 Å². The fraction of sp³-hybridized carbons (Fsp3) is 0.158. The van der Waals surface area contributed by atoms with Crippen molar-refractivity contribution in [2.24, 2.45) is 0 Å². The summed E-state index contributed by atoms with van der Waals surface area (Å²) in [4.78, 5) is 25.5. The van der Waals surface area contributed by atoms with Gasteiger partial charge in [-0.25, -0.2) is 9.18 Å². The Morgan fingerprint density at radius 3 is 2.44 bits per heavy atom. The Kier molecular flexibility index (Phi) is 4.27. The highest BCUT2D eigenvalue weighted by molar-refractivity contribution is 6.13. The molecule has 0 unspecified atom stereocenters. The third-order valence-electron chi connectivity index (χ3n) is 4.07. The zero-order valence-electron chi connectivity index (χ0n) is 13.8. The summed E-state index contributed by atoms with van der Waals surface area (Å²) in [5.41, 5.74) is 2.41. The van der Waals surface area contributed by atoms with E-state index in [9.17, 15) is 19.1 Å². The van der Waals surface area contributed by atoms with Gasteiger partial charge in [-0.15, -0.1) is 0 Å². The van der Waals surface area contributed by atoms with Gasteiger partial charge >= 0.3 is 6.03 Å². The molecule has 2 aromatic rings. The molecule has 1 aliphatic rings. The number of nitrogens with zero attached hydrogens (tertiary/aromatic N) is 1. The van der Waals surface area contributed by atoms with Crippen molar-refractivity contribution < 1.29 is 19.1 Å². The van der Waals surface area contributed by atoms with Crippen molar-refractivity contribution in [3.05, 3.63) is 70.2 Å². The number of imide groups is 1. The van der Waals surface area contributed by atoms with Crippen LogP contribution in [0.2, 0.25) is 0 Å². The van der Waals surface area contributed by atoms with Gasteiger partial charge in [-0.3, -0.25) is 9.69 Å². The van der Waals surface area contributed by atoms with E-state index in [2.05, 4.69) is 5.32 Å². The summed E-state index contributed by atoms with van der Waals surface area (Å²) in [5, 5.41) is 12.3. The molecule has 0 atom stereocenters. The van der Waals surface area contributed by atoms with E-state index >= 15 is 0 Å². The van der Waals surface area contributed by atoms with Gasteiger partial charge in [0.05, 0.1) is 6.54 Å². The maximum atomic E-state index is 13.8. The van der Waals surface area contributed by atoms with E-state index in [1.165, 1.54) is 12.1 Å². The van der Waals surface area contributed by atoms with Gasteiger partial charge in [0.1, 0.15) is 17.3 Å². The highest BCUT2D eigenvalue weighted by Gasteiger charge is 2.33. The second-order valence-corrected chi connectivity index (χ2v) is 5.97. The second-order valence-electron chi connectivity index (χ2n) is 5.97. The maximum absolute atomic E-state index is 13.8. The van der Waals surface area contributed by atoms with Crippen molar-refractivity contribution in [2.45, 2.75) is 20.4 Å². The molecule has 5 nitrogen and oxygen atoms in total. The van der Waals surface area contributed by atoms with E-state index in [0.717, 1.165) is 4.90 Å². The van der Waals surface area contributed by atoms with Crippen LogP contribution >= 0.6 is 0 Å². The molecule has 0 spiro atoms. The number of urea groups is 1. The molecule has 3 rings (SSSR count). The molecular weight excluding hydrogens is 323 g/mol. The Hall–Kier alpha value is -3.15. The molecule has 0 radical (unpaired) electrons. The molecule has 1 heterocycles. The number of amides is 3. The lowest BCUT2D eigenvalue weighted by Gasteiger charge is -2.12. The zero-order valence-corrected chi connectivity index (χ0v) is 13.8. The molecule has 25 heavy (non-hydrogen) atoms. The molecule has 1 saturated heterocycles. The minimum Gasteiger partial charge on any atom is -0.507 e. The van der Waals surface area contributed by atoms with Crippen LogP contribution in [0.5, 0.6) is 5.75 Å². The normalized spacial score (nSPS) is 15.8. The first-order valence-electron chi connectivity index (χ1n) is 7.75. The first kappa shape index (κ1) is 16.7. The average molecular weight is 340 g/mol. The van der Waals surface area contributed by atoms with Crippen molar-refractivity contribution in [2.75, 3.05) is 0 Å². The Balaban J connectivity index is 1.87. The third-order valence-corrected chi connectivity index (χ3v) is 4.07. The summed E-state index contributed by atoms with van der Waals surface area (Å²) in [6, 6.07) is 8.85. The van der Waals surface area contributed by atoms with Gasteiger partial charge in [0.15, 0.2) is 0 Å². The summed E-state index contributed by atoms with van der Waals surface area (Å²) in [6.07, 6.45) is 1.54. The lowest BCUT2D eigenvalue weighted by Crippen LogP contribution is -2.30. The Bertz CT molecular complexity index is 882. The molecule has 128 valence electrons. The summed E-state index contributed by atoms with van der Waals surface area (Å²) in [6.45, 7) is 3.37. The minimum absolute atomic E-state index is 0.117. The van der Waals surface area contributed by atoms with Gasteiger partial charge in [0.25, 0.3) is 5.91 Å². The first-order chi connectivity index (χ1) is 11.9. The monoisotopic (exact) mass is 340 g/mol. The highest BCUT2D eigenvalue weighted by Crippen LogP contribution is 2.25. The van der Waals surface area contributed by atoms with Crippen LogP contribution in [0.3, 0.4) is 0 Å². The molecule has 2 N–H and O–H groups in total. The van der Waals surface area contributed by atoms with Crippen LogP contribution in [0.1, 0.15) is 22.3 Å². The SMILES string of the molecule is Cc1cc(C=C2NC(=O)N(Cc3ccccc3F)C2=O)cc(C)c1O. The average Bonchev–Trinajstić information content (AvgIpc) is 2.82. The van der Waals surface area contributed by atoms with Gasteiger partial charge in [0, 0.05) is 5.56 Å². The standard InChI is InChI=1S/C19H17FN2O3/c1-11-7-13(8-12(2)17(11)23)9-16-18(24)22(19(25)21-16)10-14-5-3-4-6-15(14)20/h3-9,23H,10H2,1-2H3,(H,21,25). The second kappa shape index (κ2) is 6.39. The number of phenols is 1. The number of rotatable bonds is 3. The number of nitrogens with one attached hydrogen (secondary N) is 1. The highest BCUT2D eigenvalue weighted by atomic mass is 19.1. The summed E-state index contributed by atoms with van der Waals surface area (Å²) in [7, 11) is 0. The number of aryl methyl sites for hydroxylation is 2. The maximum Gasteiger partial charge on any atom is 0.329 e. The summed E-state index contributed by atoms with van der Waals surface area (Å²) < 4.78 is 13.8. The van der Waals surface area contributed by atoms with Crippen molar-refractivity contribution in [3.8, 4) is 5.75 Å². The molecule has 2 aromatic carbocycles. The molecule has 0 saturated carbocycles. The third kappa shape index (κ3) is 3.24. The zero-order chi connectivity index (χ0) is 18.1. The van der Waals surface area contributed by atoms with Crippen LogP contribution in [0, 0.1) is 19.7 Å². The molecule has 0 bridgehead atoms. The Morgan fingerprint density at radius 2 is 1.80 bits per heavy atom. The topological polar surface area (TPSA) is 69.6 Å². The Morgan fingerprint density at radius 1 is 1.16 bits per heavy atom. The largest absolute Gasteiger partial charge is 0.507 e. The molecule has 3 amide bonds. The molecule has 6 heteroatoms. The van der Waals surface area contributed by atoms with Crippen LogP contribution < -0.4 is 5.32 Å². The predicted octanol–water partition coefficient (Wildman–Crippen LogP) is 3.24. The van der Waals surface area contributed by atoms with Gasteiger partial charge in [-0.05, 0) is 54.8 Å². The molecule has 1 aliphatic heterocycles. The number of carbonyl (C=O) groups excluding carboxylic acids is 2. The van der Waals surface area contributed by atoms with Gasteiger partial charge in [-0.1, -0.05) is 18.2 Å². The molecular formula is C19H17FN2O3. The predicted molar refractivity (Wildman–Crippen MR) is 91.0 cm³/mol. The van der Waals surface area contributed by atoms with Crippen LogP contribution in [-0.2, 0) is 11.3 Å². The molecule has 1 fully saturated rings. The van der Waals surface area contributed by atoms with E-state index < -0.39 is 17.8 Å². The van der Waals surface area contributed by atoms with Gasteiger partial charge in [0.2, 0.25) is 0 Å². The van der Waals surface area contributed by atoms with Gasteiger partial charge in [-0.2, -0.15) is 0 Å². The number of carbonyl (C=O) groups is 2. The lowest BCUT2D eigenvalue weighted by molar-refractivity contribution is -0.123. The Labute approximate surface area is 144 Å². The number of halogens is 1.